The summed E-state index contributed by atoms with van der Waals surface area (Å²) in [7, 11) is 0. The van der Waals surface area contributed by atoms with Crippen LogP contribution >= 0.6 is 11.8 Å². The molecule has 1 atom stereocenters. The van der Waals surface area contributed by atoms with Crippen LogP contribution in [0.3, 0.4) is 0 Å². The zero-order valence-electron chi connectivity index (χ0n) is 10.5. The third-order valence-corrected chi connectivity index (χ3v) is 4.92. The molecule has 92 valence electrons. The summed E-state index contributed by atoms with van der Waals surface area (Å²) in [5.41, 5.74) is 3.14. The van der Waals surface area contributed by atoms with Crippen LogP contribution in [0.2, 0.25) is 0 Å². The molecule has 1 unspecified atom stereocenters. The highest BCUT2D eigenvalue weighted by Crippen LogP contribution is 2.30. The third kappa shape index (κ3) is 2.78. The summed E-state index contributed by atoms with van der Waals surface area (Å²) >= 11 is 2.00. The summed E-state index contributed by atoms with van der Waals surface area (Å²) in [6.07, 6.45) is 3.86. The zero-order valence-corrected chi connectivity index (χ0v) is 11.3. The van der Waals surface area contributed by atoms with Gasteiger partial charge in [0.05, 0.1) is 0 Å². The summed E-state index contributed by atoms with van der Waals surface area (Å²) in [5.74, 6) is 2.09. The van der Waals surface area contributed by atoms with E-state index in [-0.39, 0.29) is 0 Å². The lowest BCUT2D eigenvalue weighted by molar-refractivity contribution is 0.509. The van der Waals surface area contributed by atoms with E-state index in [9.17, 15) is 0 Å². The van der Waals surface area contributed by atoms with Crippen molar-refractivity contribution in [1.29, 1.82) is 0 Å². The number of fused-ring (bicyclic) bond motifs is 1. The van der Waals surface area contributed by atoms with Crippen molar-refractivity contribution in [3.05, 3.63) is 65.7 Å². The van der Waals surface area contributed by atoms with Crippen LogP contribution in [0.1, 0.15) is 17.5 Å². The lowest BCUT2D eigenvalue weighted by Gasteiger charge is -2.24. The Balaban J connectivity index is 1.60. The Morgan fingerprint density at radius 3 is 2.44 bits per heavy atom. The second-order valence-electron chi connectivity index (χ2n) is 5.00. The predicted octanol–water partition coefficient (Wildman–Crippen LogP) is 4.58. The Hall–Kier alpha value is -1.21. The van der Waals surface area contributed by atoms with Crippen molar-refractivity contribution in [1.82, 2.24) is 0 Å². The molecular formula is C17H18S. The minimum Gasteiger partial charge on any atom is -0.126 e. The molecule has 0 aliphatic heterocycles. The van der Waals surface area contributed by atoms with Crippen LogP contribution in [0.5, 0.6) is 0 Å². The van der Waals surface area contributed by atoms with Crippen molar-refractivity contribution in [2.45, 2.75) is 24.2 Å². The van der Waals surface area contributed by atoms with Gasteiger partial charge in [-0.2, -0.15) is 0 Å². The molecular weight excluding hydrogens is 236 g/mol. The van der Waals surface area contributed by atoms with Gasteiger partial charge in [-0.15, -0.1) is 11.8 Å². The molecule has 0 saturated heterocycles. The van der Waals surface area contributed by atoms with Crippen molar-refractivity contribution in [3.8, 4) is 0 Å². The Labute approximate surface area is 113 Å². The number of hydrogen-bond donors (Lipinski definition) is 0. The molecule has 3 rings (SSSR count). The molecule has 18 heavy (non-hydrogen) atoms. The number of hydrogen-bond acceptors (Lipinski definition) is 1. The maximum atomic E-state index is 2.30. The summed E-state index contributed by atoms with van der Waals surface area (Å²) in [4.78, 5) is 1.40. The molecule has 0 N–H and O–H groups in total. The second-order valence-corrected chi connectivity index (χ2v) is 6.10. The first-order chi connectivity index (χ1) is 8.92. The number of aryl methyl sites for hydroxylation is 1. The smallest absolute Gasteiger partial charge is 0.00720 e. The number of rotatable bonds is 3. The average molecular weight is 254 g/mol. The summed E-state index contributed by atoms with van der Waals surface area (Å²) < 4.78 is 0. The molecule has 2 aromatic carbocycles. The van der Waals surface area contributed by atoms with Crippen LogP contribution < -0.4 is 0 Å². The quantitative estimate of drug-likeness (QED) is 0.722. The van der Waals surface area contributed by atoms with Gasteiger partial charge in [-0.3, -0.25) is 0 Å². The summed E-state index contributed by atoms with van der Waals surface area (Å²) in [5, 5.41) is 0. The average Bonchev–Trinajstić information content (AvgIpc) is 2.46. The monoisotopic (exact) mass is 254 g/mol. The van der Waals surface area contributed by atoms with E-state index in [4.69, 9.17) is 0 Å². The Bertz CT molecular complexity index is 504. The summed E-state index contributed by atoms with van der Waals surface area (Å²) in [6, 6.07) is 19.7. The van der Waals surface area contributed by atoms with Crippen LogP contribution in [-0.4, -0.2) is 5.75 Å². The maximum absolute atomic E-state index is 2.30. The largest absolute Gasteiger partial charge is 0.126 e. The van der Waals surface area contributed by atoms with Crippen LogP contribution in [0.4, 0.5) is 0 Å². The number of thioether (sulfide) groups is 1. The van der Waals surface area contributed by atoms with Crippen molar-refractivity contribution in [2.75, 3.05) is 5.75 Å². The van der Waals surface area contributed by atoms with Crippen molar-refractivity contribution < 1.29 is 0 Å². The standard InChI is InChI=1S/C17H18S/c1-2-8-17(9-3-1)18-13-14-10-11-15-6-4-5-7-16(15)12-14/h1-9,14H,10-13H2. The Morgan fingerprint density at radius 1 is 0.889 bits per heavy atom. The van der Waals surface area contributed by atoms with Gasteiger partial charge in [0.1, 0.15) is 0 Å². The lowest BCUT2D eigenvalue weighted by atomic mass is 9.85. The fourth-order valence-electron chi connectivity index (χ4n) is 2.65. The van der Waals surface area contributed by atoms with Crippen molar-refractivity contribution >= 4 is 11.8 Å². The first-order valence-corrected chi connectivity index (χ1v) is 7.65. The van der Waals surface area contributed by atoms with E-state index in [1.54, 1.807) is 11.1 Å². The van der Waals surface area contributed by atoms with E-state index in [1.807, 2.05) is 11.8 Å². The minimum atomic E-state index is 0.838. The van der Waals surface area contributed by atoms with Gasteiger partial charge in [-0.25, -0.2) is 0 Å². The van der Waals surface area contributed by atoms with Gasteiger partial charge in [0, 0.05) is 10.6 Å². The van der Waals surface area contributed by atoms with Crippen LogP contribution in [0.25, 0.3) is 0 Å². The normalized spacial score (nSPS) is 18.3. The topological polar surface area (TPSA) is 0 Å². The van der Waals surface area contributed by atoms with Crippen LogP contribution in [0.15, 0.2) is 59.5 Å². The minimum absolute atomic E-state index is 0.838. The van der Waals surface area contributed by atoms with Gasteiger partial charge < -0.3 is 0 Å². The Kier molecular flexibility index (Phi) is 3.70. The lowest BCUT2D eigenvalue weighted by Crippen LogP contribution is -2.16. The molecule has 0 amide bonds. The fourth-order valence-corrected chi connectivity index (χ4v) is 3.71. The van der Waals surface area contributed by atoms with E-state index in [1.165, 1.54) is 29.9 Å². The molecule has 0 fully saturated rings. The van der Waals surface area contributed by atoms with Gasteiger partial charge in [0.25, 0.3) is 0 Å². The molecule has 0 spiro atoms. The molecule has 0 radical (unpaired) electrons. The number of benzene rings is 2. The van der Waals surface area contributed by atoms with Gasteiger partial charge in [0.15, 0.2) is 0 Å². The molecule has 1 aliphatic carbocycles. The van der Waals surface area contributed by atoms with Gasteiger partial charge in [0.2, 0.25) is 0 Å². The van der Waals surface area contributed by atoms with Crippen LogP contribution in [0, 0.1) is 5.92 Å². The van der Waals surface area contributed by atoms with Crippen LogP contribution in [-0.2, 0) is 12.8 Å². The maximum Gasteiger partial charge on any atom is 0.00720 e. The van der Waals surface area contributed by atoms with E-state index in [2.05, 4.69) is 54.6 Å². The predicted molar refractivity (Wildman–Crippen MR) is 79.1 cm³/mol. The fraction of sp³-hybridized carbons (Fsp3) is 0.294. The Morgan fingerprint density at radius 2 is 1.61 bits per heavy atom. The highest BCUT2D eigenvalue weighted by Gasteiger charge is 2.18. The molecule has 2 aromatic rings. The van der Waals surface area contributed by atoms with E-state index in [0.717, 1.165) is 5.92 Å². The van der Waals surface area contributed by atoms with E-state index < -0.39 is 0 Å². The molecule has 0 aromatic heterocycles. The third-order valence-electron chi connectivity index (χ3n) is 3.68. The van der Waals surface area contributed by atoms with E-state index in [0.29, 0.717) is 0 Å². The first kappa shape index (κ1) is 11.9. The molecule has 0 saturated carbocycles. The molecule has 1 heteroatoms. The molecule has 1 aliphatic rings. The molecule has 0 bridgehead atoms. The second kappa shape index (κ2) is 5.62. The van der Waals surface area contributed by atoms with Gasteiger partial charge >= 0.3 is 0 Å². The van der Waals surface area contributed by atoms with Crippen molar-refractivity contribution in [3.63, 3.8) is 0 Å². The van der Waals surface area contributed by atoms with Gasteiger partial charge in [-0.05, 0) is 48.4 Å². The molecule has 0 nitrogen and oxygen atoms in total. The van der Waals surface area contributed by atoms with E-state index >= 15 is 0 Å². The highest BCUT2D eigenvalue weighted by molar-refractivity contribution is 7.99. The SMILES string of the molecule is c1ccc(SCC2CCc3ccccc3C2)cc1. The summed E-state index contributed by atoms with van der Waals surface area (Å²) in [6.45, 7) is 0. The zero-order chi connectivity index (χ0) is 12.2. The van der Waals surface area contributed by atoms with Crippen molar-refractivity contribution in [2.24, 2.45) is 5.92 Å². The molecule has 0 heterocycles. The first-order valence-electron chi connectivity index (χ1n) is 6.66. The van der Waals surface area contributed by atoms with Gasteiger partial charge in [-0.1, -0.05) is 42.5 Å². The highest BCUT2D eigenvalue weighted by atomic mass is 32.2.